The van der Waals surface area contributed by atoms with Gasteiger partial charge in [0.1, 0.15) is 5.56 Å². The lowest BCUT2D eigenvalue weighted by molar-refractivity contribution is 0.0693. The Morgan fingerprint density at radius 3 is 2.52 bits per heavy atom. The van der Waals surface area contributed by atoms with Gasteiger partial charge in [-0.15, -0.1) is 0 Å². The van der Waals surface area contributed by atoms with E-state index in [-0.39, 0.29) is 5.56 Å². The van der Waals surface area contributed by atoms with Crippen LogP contribution in [0.3, 0.4) is 0 Å². The standard InChI is InChI=1S/C16H18N2O3/c1-3-4-9-18-15(19)13(16(20)21)10-14(17-18)12-7-5-11(2)6-8-12/h5-8,10H,3-4,9H2,1-2H3,(H,20,21). The van der Waals surface area contributed by atoms with E-state index in [0.29, 0.717) is 12.2 Å². The molecule has 0 unspecified atom stereocenters. The van der Waals surface area contributed by atoms with Crippen LogP contribution in [0.25, 0.3) is 11.3 Å². The number of aromatic nitrogens is 2. The zero-order chi connectivity index (χ0) is 15.4. The van der Waals surface area contributed by atoms with Crippen molar-refractivity contribution >= 4 is 5.97 Å². The number of hydrogen-bond acceptors (Lipinski definition) is 3. The van der Waals surface area contributed by atoms with E-state index in [1.54, 1.807) is 0 Å². The number of carboxylic acid groups (broad SMARTS) is 1. The van der Waals surface area contributed by atoms with E-state index in [9.17, 15) is 14.7 Å². The van der Waals surface area contributed by atoms with E-state index >= 15 is 0 Å². The van der Waals surface area contributed by atoms with E-state index in [1.165, 1.54) is 10.7 Å². The van der Waals surface area contributed by atoms with Crippen molar-refractivity contribution in [2.45, 2.75) is 33.2 Å². The van der Waals surface area contributed by atoms with Crippen LogP contribution < -0.4 is 5.56 Å². The average Bonchev–Trinajstić information content (AvgIpc) is 2.47. The molecule has 0 radical (unpaired) electrons. The molecule has 0 atom stereocenters. The highest BCUT2D eigenvalue weighted by Crippen LogP contribution is 2.17. The predicted molar refractivity (Wildman–Crippen MR) is 80.5 cm³/mol. The number of aryl methyl sites for hydroxylation is 2. The summed E-state index contributed by atoms with van der Waals surface area (Å²) in [5.74, 6) is -1.22. The summed E-state index contributed by atoms with van der Waals surface area (Å²) < 4.78 is 1.25. The molecule has 1 N–H and O–H groups in total. The molecular weight excluding hydrogens is 268 g/mol. The molecule has 5 nitrogen and oxygen atoms in total. The van der Waals surface area contributed by atoms with Crippen LogP contribution in [0.5, 0.6) is 0 Å². The lowest BCUT2D eigenvalue weighted by Gasteiger charge is -2.09. The van der Waals surface area contributed by atoms with Crippen LogP contribution >= 0.6 is 0 Å². The summed E-state index contributed by atoms with van der Waals surface area (Å²) in [5, 5.41) is 13.5. The van der Waals surface area contributed by atoms with Gasteiger partial charge < -0.3 is 5.11 Å². The van der Waals surface area contributed by atoms with Gasteiger partial charge in [0.05, 0.1) is 5.69 Å². The fourth-order valence-electron chi connectivity index (χ4n) is 2.02. The first kappa shape index (κ1) is 15.0. The third-order valence-electron chi connectivity index (χ3n) is 3.28. The van der Waals surface area contributed by atoms with Crippen LogP contribution in [0, 0.1) is 6.92 Å². The SMILES string of the molecule is CCCCn1nc(-c2ccc(C)cc2)cc(C(=O)O)c1=O. The number of hydrogen-bond donors (Lipinski definition) is 1. The molecule has 110 valence electrons. The highest BCUT2D eigenvalue weighted by atomic mass is 16.4. The average molecular weight is 286 g/mol. The van der Waals surface area contributed by atoms with Crippen molar-refractivity contribution in [2.75, 3.05) is 0 Å². The highest BCUT2D eigenvalue weighted by molar-refractivity contribution is 5.88. The molecule has 0 aliphatic carbocycles. The van der Waals surface area contributed by atoms with Crippen molar-refractivity contribution in [3.05, 3.63) is 51.8 Å². The van der Waals surface area contributed by atoms with Gasteiger partial charge in [-0.1, -0.05) is 43.2 Å². The molecule has 21 heavy (non-hydrogen) atoms. The Balaban J connectivity index is 2.55. The number of carbonyl (C=O) groups is 1. The van der Waals surface area contributed by atoms with Gasteiger partial charge in [-0.2, -0.15) is 5.10 Å². The molecule has 2 rings (SSSR count). The second kappa shape index (κ2) is 6.35. The Morgan fingerprint density at radius 2 is 1.95 bits per heavy atom. The van der Waals surface area contributed by atoms with Gasteiger partial charge in [0.25, 0.3) is 5.56 Å². The summed E-state index contributed by atoms with van der Waals surface area (Å²) >= 11 is 0. The van der Waals surface area contributed by atoms with Gasteiger partial charge in [-0.05, 0) is 19.4 Å². The molecule has 0 aliphatic rings. The Kier molecular flexibility index (Phi) is 4.52. The Morgan fingerprint density at radius 1 is 1.29 bits per heavy atom. The Bertz CT molecular complexity index is 702. The molecule has 1 heterocycles. The summed E-state index contributed by atoms with van der Waals surface area (Å²) in [6.07, 6.45) is 1.69. The molecule has 0 spiro atoms. The van der Waals surface area contributed by atoms with Crippen LogP contribution in [0.2, 0.25) is 0 Å². The minimum atomic E-state index is -1.22. The molecule has 2 aromatic rings. The van der Waals surface area contributed by atoms with Crippen molar-refractivity contribution in [1.29, 1.82) is 0 Å². The van der Waals surface area contributed by atoms with Crippen LogP contribution in [0.4, 0.5) is 0 Å². The summed E-state index contributed by atoms with van der Waals surface area (Å²) in [7, 11) is 0. The number of benzene rings is 1. The van der Waals surface area contributed by atoms with Crippen molar-refractivity contribution in [3.8, 4) is 11.3 Å². The van der Waals surface area contributed by atoms with Crippen molar-refractivity contribution in [3.63, 3.8) is 0 Å². The third-order valence-corrected chi connectivity index (χ3v) is 3.28. The van der Waals surface area contributed by atoms with Crippen LogP contribution in [0.15, 0.2) is 35.1 Å². The monoisotopic (exact) mass is 286 g/mol. The second-order valence-corrected chi connectivity index (χ2v) is 5.00. The minimum absolute atomic E-state index is 0.239. The topological polar surface area (TPSA) is 72.2 Å². The second-order valence-electron chi connectivity index (χ2n) is 5.00. The van der Waals surface area contributed by atoms with Gasteiger partial charge in [-0.25, -0.2) is 9.48 Å². The first-order valence-electron chi connectivity index (χ1n) is 6.95. The van der Waals surface area contributed by atoms with E-state index in [4.69, 9.17) is 0 Å². The van der Waals surface area contributed by atoms with Crippen molar-refractivity contribution in [1.82, 2.24) is 9.78 Å². The van der Waals surface area contributed by atoms with Crippen LogP contribution in [-0.2, 0) is 6.54 Å². The number of rotatable bonds is 5. The molecule has 5 heteroatoms. The maximum atomic E-state index is 12.1. The maximum Gasteiger partial charge on any atom is 0.341 e. The van der Waals surface area contributed by atoms with Crippen LogP contribution in [-0.4, -0.2) is 20.9 Å². The largest absolute Gasteiger partial charge is 0.477 e. The number of nitrogens with zero attached hydrogens (tertiary/aromatic N) is 2. The lowest BCUT2D eigenvalue weighted by atomic mass is 10.1. The van der Waals surface area contributed by atoms with Crippen LogP contribution in [0.1, 0.15) is 35.7 Å². The Hall–Kier alpha value is -2.43. The molecule has 1 aromatic carbocycles. The third kappa shape index (κ3) is 3.37. The van der Waals surface area contributed by atoms with Crippen molar-refractivity contribution < 1.29 is 9.90 Å². The number of aromatic carboxylic acids is 1. The summed E-state index contributed by atoms with van der Waals surface area (Å²) in [5.41, 5.74) is 1.62. The molecule has 0 saturated carbocycles. The van der Waals surface area contributed by atoms with Gasteiger partial charge >= 0.3 is 5.97 Å². The summed E-state index contributed by atoms with van der Waals surface area (Å²) in [4.78, 5) is 23.3. The number of unbranched alkanes of at least 4 members (excludes halogenated alkanes) is 1. The summed E-state index contributed by atoms with van der Waals surface area (Å²) in [6, 6.07) is 8.95. The normalized spacial score (nSPS) is 10.6. The van der Waals surface area contributed by atoms with E-state index < -0.39 is 11.5 Å². The van der Waals surface area contributed by atoms with E-state index in [2.05, 4.69) is 5.10 Å². The molecule has 0 bridgehead atoms. The molecule has 0 fully saturated rings. The van der Waals surface area contributed by atoms with Gasteiger partial charge in [-0.3, -0.25) is 4.79 Å². The fourth-order valence-corrected chi connectivity index (χ4v) is 2.02. The zero-order valence-electron chi connectivity index (χ0n) is 12.2. The van der Waals surface area contributed by atoms with E-state index in [1.807, 2.05) is 38.1 Å². The predicted octanol–water partition coefficient (Wildman–Crippen LogP) is 2.72. The lowest BCUT2D eigenvalue weighted by Crippen LogP contribution is -2.29. The van der Waals surface area contributed by atoms with Gasteiger partial charge in [0, 0.05) is 12.1 Å². The van der Waals surface area contributed by atoms with Gasteiger partial charge in [0.15, 0.2) is 0 Å². The zero-order valence-corrected chi connectivity index (χ0v) is 12.2. The minimum Gasteiger partial charge on any atom is -0.477 e. The quantitative estimate of drug-likeness (QED) is 0.917. The van der Waals surface area contributed by atoms with Crippen molar-refractivity contribution in [2.24, 2.45) is 0 Å². The Labute approximate surface area is 122 Å². The maximum absolute atomic E-state index is 12.1. The first-order valence-corrected chi connectivity index (χ1v) is 6.95. The molecule has 0 saturated heterocycles. The molecule has 0 aliphatic heterocycles. The molecule has 0 amide bonds. The first-order chi connectivity index (χ1) is 10.0. The van der Waals surface area contributed by atoms with E-state index in [0.717, 1.165) is 24.0 Å². The molecular formula is C16H18N2O3. The smallest absolute Gasteiger partial charge is 0.341 e. The molecule has 1 aromatic heterocycles. The van der Waals surface area contributed by atoms with Gasteiger partial charge in [0.2, 0.25) is 0 Å². The summed E-state index contributed by atoms with van der Waals surface area (Å²) in [6.45, 7) is 4.41. The highest BCUT2D eigenvalue weighted by Gasteiger charge is 2.15. The fraction of sp³-hybridized carbons (Fsp3) is 0.312. The number of carboxylic acids is 1.